The smallest absolute Gasteiger partial charge is 0.143 e. The first-order chi connectivity index (χ1) is 10.2. The van der Waals surface area contributed by atoms with Gasteiger partial charge < -0.3 is 5.32 Å². The zero-order chi connectivity index (χ0) is 14.7. The summed E-state index contributed by atoms with van der Waals surface area (Å²) in [6, 6.07) is 12.4. The molecule has 5 nitrogen and oxygen atoms in total. The lowest BCUT2D eigenvalue weighted by molar-refractivity contribution is 0.627. The molecule has 6 heteroatoms. The standard InChI is InChI=1S/C15H14FN5/c1-11-2-7-14(21-10-18-19-20-21)8-15(11)17-9-12-3-5-13(16)6-4-12/h2-8,10,17H,9H2,1H3. The fourth-order valence-corrected chi connectivity index (χ4v) is 2.02. The third-order valence-electron chi connectivity index (χ3n) is 3.23. The number of aromatic nitrogens is 4. The van der Waals surface area contributed by atoms with Gasteiger partial charge in [0.15, 0.2) is 0 Å². The van der Waals surface area contributed by atoms with E-state index in [1.165, 1.54) is 12.1 Å². The number of nitrogens with one attached hydrogen (secondary N) is 1. The van der Waals surface area contributed by atoms with Crippen LogP contribution in [0.1, 0.15) is 11.1 Å². The first-order valence-corrected chi connectivity index (χ1v) is 6.55. The number of hydrogen-bond donors (Lipinski definition) is 1. The molecule has 1 heterocycles. The van der Waals surface area contributed by atoms with Gasteiger partial charge >= 0.3 is 0 Å². The highest BCUT2D eigenvalue weighted by Gasteiger charge is 2.03. The molecule has 0 saturated heterocycles. The number of aryl methyl sites for hydroxylation is 1. The van der Waals surface area contributed by atoms with Crippen molar-refractivity contribution in [2.45, 2.75) is 13.5 Å². The summed E-state index contributed by atoms with van der Waals surface area (Å²) in [5, 5.41) is 14.5. The molecule has 3 aromatic rings. The quantitative estimate of drug-likeness (QED) is 0.800. The maximum atomic E-state index is 12.9. The fraction of sp³-hybridized carbons (Fsp3) is 0.133. The summed E-state index contributed by atoms with van der Waals surface area (Å²) in [5.74, 6) is -0.226. The van der Waals surface area contributed by atoms with E-state index >= 15 is 0 Å². The summed E-state index contributed by atoms with van der Waals surface area (Å²) in [4.78, 5) is 0. The molecule has 0 radical (unpaired) electrons. The van der Waals surface area contributed by atoms with Crippen LogP contribution < -0.4 is 5.32 Å². The molecule has 0 saturated carbocycles. The molecule has 0 amide bonds. The van der Waals surface area contributed by atoms with Crippen molar-refractivity contribution in [1.29, 1.82) is 0 Å². The van der Waals surface area contributed by atoms with E-state index in [-0.39, 0.29) is 5.82 Å². The monoisotopic (exact) mass is 283 g/mol. The van der Waals surface area contributed by atoms with E-state index in [9.17, 15) is 4.39 Å². The molecule has 0 aliphatic rings. The van der Waals surface area contributed by atoms with E-state index in [0.29, 0.717) is 6.54 Å². The molecule has 0 spiro atoms. The maximum absolute atomic E-state index is 12.9. The Morgan fingerprint density at radius 2 is 1.95 bits per heavy atom. The molecule has 1 aromatic heterocycles. The van der Waals surface area contributed by atoms with E-state index in [2.05, 4.69) is 20.8 Å². The van der Waals surface area contributed by atoms with Crippen molar-refractivity contribution >= 4 is 5.69 Å². The number of anilines is 1. The molecule has 0 aliphatic heterocycles. The van der Waals surface area contributed by atoms with Gasteiger partial charge in [0.1, 0.15) is 12.1 Å². The lowest BCUT2D eigenvalue weighted by Crippen LogP contribution is -2.03. The first kappa shape index (κ1) is 13.2. The third-order valence-corrected chi connectivity index (χ3v) is 3.23. The molecular weight excluding hydrogens is 269 g/mol. The predicted molar refractivity (Wildman–Crippen MR) is 77.6 cm³/mol. The van der Waals surface area contributed by atoms with Gasteiger partial charge in [-0.05, 0) is 52.7 Å². The van der Waals surface area contributed by atoms with Gasteiger partial charge in [0.05, 0.1) is 5.69 Å². The number of nitrogens with zero attached hydrogens (tertiary/aromatic N) is 4. The summed E-state index contributed by atoms with van der Waals surface area (Å²) in [6.45, 7) is 2.65. The second-order valence-electron chi connectivity index (χ2n) is 4.73. The highest BCUT2D eigenvalue weighted by atomic mass is 19.1. The van der Waals surface area contributed by atoms with Crippen molar-refractivity contribution in [3.63, 3.8) is 0 Å². The Bertz CT molecular complexity index is 722. The minimum atomic E-state index is -0.226. The Labute approximate surface area is 121 Å². The number of tetrazole rings is 1. The Kier molecular flexibility index (Phi) is 3.59. The van der Waals surface area contributed by atoms with Gasteiger partial charge in [-0.15, -0.1) is 5.10 Å². The van der Waals surface area contributed by atoms with Crippen LogP contribution in [-0.4, -0.2) is 20.2 Å². The maximum Gasteiger partial charge on any atom is 0.143 e. The van der Waals surface area contributed by atoms with Gasteiger partial charge in [0.25, 0.3) is 0 Å². The lowest BCUT2D eigenvalue weighted by atomic mass is 10.1. The van der Waals surface area contributed by atoms with Crippen molar-refractivity contribution in [2.75, 3.05) is 5.32 Å². The summed E-state index contributed by atoms with van der Waals surface area (Å²) in [7, 11) is 0. The number of rotatable bonds is 4. The summed E-state index contributed by atoms with van der Waals surface area (Å²) >= 11 is 0. The topological polar surface area (TPSA) is 55.6 Å². The largest absolute Gasteiger partial charge is 0.381 e. The van der Waals surface area contributed by atoms with Crippen molar-refractivity contribution < 1.29 is 4.39 Å². The van der Waals surface area contributed by atoms with Crippen LogP contribution in [0.4, 0.5) is 10.1 Å². The second kappa shape index (κ2) is 5.70. The van der Waals surface area contributed by atoms with Crippen LogP contribution >= 0.6 is 0 Å². The molecule has 0 atom stereocenters. The number of halogens is 1. The van der Waals surface area contributed by atoms with Crippen molar-refractivity contribution in [3.8, 4) is 5.69 Å². The van der Waals surface area contributed by atoms with Crippen LogP contribution in [0.3, 0.4) is 0 Å². The normalized spacial score (nSPS) is 10.6. The zero-order valence-electron chi connectivity index (χ0n) is 11.5. The van der Waals surface area contributed by atoms with Gasteiger partial charge in [0.2, 0.25) is 0 Å². The van der Waals surface area contributed by atoms with Crippen LogP contribution in [0.25, 0.3) is 5.69 Å². The van der Waals surface area contributed by atoms with Crippen LogP contribution in [0.2, 0.25) is 0 Å². The highest BCUT2D eigenvalue weighted by Crippen LogP contribution is 2.19. The average molecular weight is 283 g/mol. The number of benzene rings is 2. The Morgan fingerprint density at radius 1 is 1.14 bits per heavy atom. The molecule has 21 heavy (non-hydrogen) atoms. The SMILES string of the molecule is Cc1ccc(-n2cnnn2)cc1NCc1ccc(F)cc1. The Morgan fingerprint density at radius 3 is 2.67 bits per heavy atom. The Hall–Kier alpha value is -2.76. The third kappa shape index (κ3) is 3.05. The molecule has 0 aliphatic carbocycles. The molecule has 3 rings (SSSR count). The van der Waals surface area contributed by atoms with E-state index in [0.717, 1.165) is 22.5 Å². The molecule has 106 valence electrons. The minimum absolute atomic E-state index is 0.226. The van der Waals surface area contributed by atoms with Crippen LogP contribution in [0.5, 0.6) is 0 Å². The van der Waals surface area contributed by atoms with Crippen molar-refractivity contribution in [1.82, 2.24) is 20.2 Å². The van der Waals surface area contributed by atoms with Gasteiger partial charge in [-0.1, -0.05) is 18.2 Å². The molecular formula is C15H14FN5. The van der Waals surface area contributed by atoms with Crippen LogP contribution in [-0.2, 0) is 6.54 Å². The van der Waals surface area contributed by atoms with Crippen molar-refractivity contribution in [3.05, 3.63) is 65.7 Å². The van der Waals surface area contributed by atoms with Gasteiger partial charge in [-0.25, -0.2) is 9.07 Å². The first-order valence-electron chi connectivity index (χ1n) is 6.55. The predicted octanol–water partition coefficient (Wildman–Crippen LogP) is 2.72. The summed E-state index contributed by atoms with van der Waals surface area (Å²) in [5.41, 5.74) is 4.01. The highest BCUT2D eigenvalue weighted by molar-refractivity contribution is 5.56. The van der Waals surface area contributed by atoms with E-state index in [4.69, 9.17) is 0 Å². The minimum Gasteiger partial charge on any atom is -0.381 e. The van der Waals surface area contributed by atoms with E-state index < -0.39 is 0 Å². The number of hydrogen-bond acceptors (Lipinski definition) is 4. The molecule has 1 N–H and O–H groups in total. The van der Waals surface area contributed by atoms with Gasteiger partial charge in [-0.3, -0.25) is 0 Å². The van der Waals surface area contributed by atoms with Crippen molar-refractivity contribution in [2.24, 2.45) is 0 Å². The second-order valence-corrected chi connectivity index (χ2v) is 4.73. The molecule has 0 fully saturated rings. The van der Waals surface area contributed by atoms with Gasteiger partial charge in [0, 0.05) is 12.2 Å². The average Bonchev–Trinajstić information content (AvgIpc) is 3.02. The summed E-state index contributed by atoms with van der Waals surface area (Å²) < 4.78 is 14.5. The molecule has 0 unspecified atom stereocenters. The Balaban J connectivity index is 1.78. The van der Waals surface area contributed by atoms with Gasteiger partial charge in [-0.2, -0.15) is 0 Å². The zero-order valence-corrected chi connectivity index (χ0v) is 11.5. The van der Waals surface area contributed by atoms with E-state index in [1.807, 2.05) is 25.1 Å². The summed E-state index contributed by atoms with van der Waals surface area (Å²) in [6.07, 6.45) is 1.55. The van der Waals surface area contributed by atoms with E-state index in [1.54, 1.807) is 23.1 Å². The van der Waals surface area contributed by atoms with Crippen LogP contribution in [0.15, 0.2) is 48.8 Å². The molecule has 0 bridgehead atoms. The fourth-order valence-electron chi connectivity index (χ4n) is 2.02. The molecule has 2 aromatic carbocycles. The van der Waals surface area contributed by atoms with Crippen LogP contribution in [0, 0.1) is 12.7 Å². The lowest BCUT2D eigenvalue weighted by Gasteiger charge is -2.11.